The SMILES string of the molecule is COCCCNS(=O)(=O)c1csc(CNC2CC2)c1. The van der Waals surface area contributed by atoms with Crippen molar-refractivity contribution < 1.29 is 13.2 Å². The highest BCUT2D eigenvalue weighted by molar-refractivity contribution is 7.89. The van der Waals surface area contributed by atoms with Gasteiger partial charge in [-0.15, -0.1) is 11.3 Å². The van der Waals surface area contributed by atoms with Gasteiger partial charge >= 0.3 is 0 Å². The van der Waals surface area contributed by atoms with Crippen LogP contribution in [0, 0.1) is 0 Å². The van der Waals surface area contributed by atoms with E-state index in [-0.39, 0.29) is 0 Å². The molecule has 1 saturated carbocycles. The lowest BCUT2D eigenvalue weighted by atomic mass is 10.4. The van der Waals surface area contributed by atoms with Crippen LogP contribution in [0.3, 0.4) is 0 Å². The minimum Gasteiger partial charge on any atom is -0.385 e. The van der Waals surface area contributed by atoms with Crippen molar-refractivity contribution in [2.45, 2.75) is 36.7 Å². The van der Waals surface area contributed by atoms with Crippen molar-refractivity contribution in [2.75, 3.05) is 20.3 Å². The normalized spacial score (nSPS) is 15.8. The van der Waals surface area contributed by atoms with Crippen LogP contribution in [0.25, 0.3) is 0 Å². The summed E-state index contributed by atoms with van der Waals surface area (Å²) in [5.74, 6) is 0. The molecule has 1 aromatic heterocycles. The maximum Gasteiger partial charge on any atom is 0.241 e. The fourth-order valence-corrected chi connectivity index (χ4v) is 3.93. The summed E-state index contributed by atoms with van der Waals surface area (Å²) in [6.45, 7) is 1.72. The van der Waals surface area contributed by atoms with E-state index in [0.717, 1.165) is 11.4 Å². The number of nitrogens with one attached hydrogen (secondary N) is 2. The largest absolute Gasteiger partial charge is 0.385 e. The summed E-state index contributed by atoms with van der Waals surface area (Å²) in [6, 6.07) is 2.38. The van der Waals surface area contributed by atoms with E-state index in [0.29, 0.717) is 30.5 Å². The highest BCUT2D eigenvalue weighted by Gasteiger charge is 2.21. The molecule has 0 bridgehead atoms. The number of rotatable bonds is 9. The van der Waals surface area contributed by atoms with Crippen LogP contribution in [0.15, 0.2) is 16.3 Å². The molecule has 0 radical (unpaired) electrons. The molecule has 1 aliphatic rings. The third-order valence-electron chi connectivity index (χ3n) is 2.90. The molecule has 0 aliphatic heterocycles. The summed E-state index contributed by atoms with van der Waals surface area (Å²) in [6.07, 6.45) is 3.14. The predicted molar refractivity (Wildman–Crippen MR) is 75.9 cm³/mol. The second kappa shape index (κ2) is 6.81. The van der Waals surface area contributed by atoms with Gasteiger partial charge in [-0.2, -0.15) is 0 Å². The molecule has 1 aliphatic carbocycles. The minimum absolute atomic E-state index is 0.363. The highest BCUT2D eigenvalue weighted by atomic mass is 32.2. The first kappa shape index (κ1) is 14.9. The molecule has 0 unspecified atom stereocenters. The summed E-state index contributed by atoms with van der Waals surface area (Å²) in [4.78, 5) is 1.42. The quantitative estimate of drug-likeness (QED) is 0.675. The lowest BCUT2D eigenvalue weighted by Gasteiger charge is -2.04. The molecule has 1 fully saturated rings. The van der Waals surface area contributed by atoms with Gasteiger partial charge < -0.3 is 10.1 Å². The number of hydrogen-bond donors (Lipinski definition) is 2. The fraction of sp³-hybridized carbons (Fsp3) is 0.667. The number of thiophene rings is 1. The van der Waals surface area contributed by atoms with E-state index < -0.39 is 10.0 Å². The van der Waals surface area contributed by atoms with Gasteiger partial charge in [-0.1, -0.05) is 0 Å². The third kappa shape index (κ3) is 4.85. The number of ether oxygens (including phenoxy) is 1. The predicted octanol–water partition coefficient (Wildman–Crippen LogP) is 1.31. The van der Waals surface area contributed by atoms with Crippen LogP contribution in [0.4, 0.5) is 0 Å². The molecule has 19 heavy (non-hydrogen) atoms. The van der Waals surface area contributed by atoms with Crippen LogP contribution in [-0.2, 0) is 21.3 Å². The first-order valence-corrected chi connectivity index (χ1v) is 8.77. The number of sulfonamides is 1. The molecular weight excluding hydrogens is 284 g/mol. The summed E-state index contributed by atoms with van der Waals surface area (Å²) >= 11 is 1.48. The zero-order valence-electron chi connectivity index (χ0n) is 11.0. The van der Waals surface area contributed by atoms with Gasteiger partial charge in [-0.25, -0.2) is 13.1 Å². The van der Waals surface area contributed by atoms with Crippen LogP contribution in [0.1, 0.15) is 24.1 Å². The molecule has 1 heterocycles. The molecule has 7 heteroatoms. The highest BCUT2D eigenvalue weighted by Crippen LogP contribution is 2.22. The van der Waals surface area contributed by atoms with Crippen molar-refractivity contribution in [3.8, 4) is 0 Å². The van der Waals surface area contributed by atoms with Gasteiger partial charge in [0.25, 0.3) is 0 Å². The van der Waals surface area contributed by atoms with Gasteiger partial charge in [-0.3, -0.25) is 0 Å². The van der Waals surface area contributed by atoms with Gasteiger partial charge in [-0.05, 0) is 25.3 Å². The molecule has 108 valence electrons. The maximum absolute atomic E-state index is 12.0. The Morgan fingerprint density at radius 3 is 2.95 bits per heavy atom. The van der Waals surface area contributed by atoms with Gasteiger partial charge in [0.2, 0.25) is 10.0 Å². The molecular formula is C12H20N2O3S2. The second-order valence-corrected chi connectivity index (χ2v) is 7.41. The van der Waals surface area contributed by atoms with Crippen LogP contribution < -0.4 is 10.0 Å². The first-order valence-electron chi connectivity index (χ1n) is 6.41. The second-order valence-electron chi connectivity index (χ2n) is 4.65. The van der Waals surface area contributed by atoms with E-state index in [4.69, 9.17) is 4.74 Å². The van der Waals surface area contributed by atoms with E-state index in [1.807, 2.05) is 0 Å². The Morgan fingerprint density at radius 1 is 1.47 bits per heavy atom. The van der Waals surface area contributed by atoms with Crippen LogP contribution >= 0.6 is 11.3 Å². The van der Waals surface area contributed by atoms with Crippen molar-refractivity contribution in [3.05, 3.63) is 16.3 Å². The Kier molecular flexibility index (Phi) is 5.35. The summed E-state index contributed by atoms with van der Waals surface area (Å²) in [7, 11) is -1.76. The van der Waals surface area contributed by atoms with Crippen molar-refractivity contribution in [1.82, 2.24) is 10.0 Å². The summed E-state index contributed by atoms with van der Waals surface area (Å²) in [5, 5.41) is 5.07. The van der Waals surface area contributed by atoms with Gasteiger partial charge in [0, 0.05) is 43.1 Å². The molecule has 5 nitrogen and oxygen atoms in total. The first-order chi connectivity index (χ1) is 9.12. The van der Waals surface area contributed by atoms with E-state index in [1.165, 1.54) is 24.2 Å². The Bertz CT molecular complexity index is 495. The molecule has 1 aromatic rings. The summed E-state index contributed by atoms with van der Waals surface area (Å²) in [5.41, 5.74) is 0. The molecule has 0 aromatic carbocycles. The fourth-order valence-electron chi connectivity index (χ4n) is 1.63. The molecule has 2 rings (SSSR count). The van der Waals surface area contributed by atoms with Gasteiger partial charge in [0.1, 0.15) is 0 Å². The zero-order chi connectivity index (χ0) is 13.7. The Hall–Kier alpha value is -0.470. The zero-order valence-corrected chi connectivity index (χ0v) is 12.6. The summed E-state index contributed by atoms with van der Waals surface area (Å²) < 4.78 is 31.5. The van der Waals surface area contributed by atoms with Gasteiger partial charge in [0.15, 0.2) is 0 Å². The maximum atomic E-state index is 12.0. The topological polar surface area (TPSA) is 67.4 Å². The van der Waals surface area contributed by atoms with Crippen molar-refractivity contribution in [1.29, 1.82) is 0 Å². The molecule has 0 saturated heterocycles. The minimum atomic E-state index is -3.37. The number of methoxy groups -OCH3 is 1. The van der Waals surface area contributed by atoms with Crippen molar-refractivity contribution in [2.24, 2.45) is 0 Å². The van der Waals surface area contributed by atoms with Crippen LogP contribution in [-0.4, -0.2) is 34.7 Å². The average molecular weight is 304 g/mol. The standard InChI is InChI=1S/C12H20N2O3S2/c1-17-6-2-5-14-19(15,16)12-7-11(18-9-12)8-13-10-3-4-10/h7,9-10,13-14H,2-6,8H2,1H3. The van der Waals surface area contributed by atoms with Gasteiger partial charge in [0.05, 0.1) is 4.90 Å². The van der Waals surface area contributed by atoms with E-state index in [1.54, 1.807) is 18.6 Å². The van der Waals surface area contributed by atoms with E-state index >= 15 is 0 Å². The average Bonchev–Trinajstić information content (AvgIpc) is 3.08. The lowest BCUT2D eigenvalue weighted by molar-refractivity contribution is 0.196. The number of hydrogen-bond acceptors (Lipinski definition) is 5. The Labute approximate surface area is 118 Å². The smallest absolute Gasteiger partial charge is 0.241 e. The van der Waals surface area contributed by atoms with E-state index in [2.05, 4.69) is 10.0 Å². The van der Waals surface area contributed by atoms with Crippen LogP contribution in [0.2, 0.25) is 0 Å². The molecule has 2 N–H and O–H groups in total. The Balaban J connectivity index is 1.84. The molecule has 0 atom stereocenters. The molecule has 0 spiro atoms. The van der Waals surface area contributed by atoms with Crippen molar-refractivity contribution >= 4 is 21.4 Å². The lowest BCUT2D eigenvalue weighted by Crippen LogP contribution is -2.25. The third-order valence-corrected chi connectivity index (χ3v) is 5.43. The van der Waals surface area contributed by atoms with Crippen molar-refractivity contribution in [3.63, 3.8) is 0 Å². The monoisotopic (exact) mass is 304 g/mol. The van der Waals surface area contributed by atoms with E-state index in [9.17, 15) is 8.42 Å². The Morgan fingerprint density at radius 2 is 2.26 bits per heavy atom. The van der Waals surface area contributed by atoms with Crippen LogP contribution in [0.5, 0.6) is 0 Å². The molecule has 0 amide bonds.